The van der Waals surface area contributed by atoms with Gasteiger partial charge in [0, 0.05) is 6.42 Å². The number of phosphoric acid groups is 2. The molecule has 19 heavy (non-hydrogen) atoms. The number of rotatable bonds is 6. The third-order valence-electron chi connectivity index (χ3n) is 1.93. The van der Waals surface area contributed by atoms with Crippen LogP contribution >= 0.6 is 15.6 Å². The smallest absolute Gasteiger partial charge is 0.303 e. The molecule has 1 rings (SSSR count). The highest BCUT2D eigenvalue weighted by molar-refractivity contribution is 7.60. The molecule has 0 aliphatic rings. The van der Waals surface area contributed by atoms with Crippen molar-refractivity contribution in [2.75, 3.05) is 0 Å². The summed E-state index contributed by atoms with van der Waals surface area (Å²) in [5, 5.41) is 0. The van der Waals surface area contributed by atoms with Crippen LogP contribution in [0, 0.1) is 0 Å². The Labute approximate surface area is 110 Å². The van der Waals surface area contributed by atoms with E-state index < -0.39 is 21.4 Å². The van der Waals surface area contributed by atoms with Crippen molar-refractivity contribution in [3.8, 4) is 0 Å². The first-order valence-electron chi connectivity index (χ1n) is 5.12. The molecule has 0 spiro atoms. The molecule has 0 fully saturated rings. The topological polar surface area (TPSA) is 139 Å². The Morgan fingerprint density at radius 2 is 1.74 bits per heavy atom. The van der Waals surface area contributed by atoms with Crippen molar-refractivity contribution < 1.29 is 32.6 Å². The molecule has 10 heteroatoms. The fraction of sp³-hybridized carbons (Fsp3) is 0.333. The Morgan fingerprint density at radius 1 is 1.21 bits per heavy atom. The first-order valence-corrected chi connectivity index (χ1v) is 8.15. The summed E-state index contributed by atoms with van der Waals surface area (Å²) >= 11 is 0. The van der Waals surface area contributed by atoms with E-state index >= 15 is 0 Å². The second kappa shape index (κ2) is 5.83. The molecule has 0 saturated heterocycles. The minimum atomic E-state index is -5.15. The van der Waals surface area contributed by atoms with Crippen molar-refractivity contribution in [3.05, 3.63) is 35.9 Å². The van der Waals surface area contributed by atoms with Gasteiger partial charge in [-0.15, -0.1) is 0 Å². The van der Waals surface area contributed by atoms with Crippen LogP contribution in [0.25, 0.3) is 0 Å². The summed E-state index contributed by atoms with van der Waals surface area (Å²) in [6.45, 7) is 1.30. The molecule has 0 heterocycles. The summed E-state index contributed by atoms with van der Waals surface area (Å²) in [5.41, 5.74) is 4.77. The monoisotopic (exact) mass is 311 g/mol. The molecule has 1 aromatic carbocycles. The van der Waals surface area contributed by atoms with Gasteiger partial charge in [-0.05, 0) is 12.5 Å². The first kappa shape index (κ1) is 16.5. The van der Waals surface area contributed by atoms with Gasteiger partial charge in [-0.25, -0.2) is 9.13 Å². The number of phosphoric ester groups is 1. The highest BCUT2D eigenvalue weighted by Crippen LogP contribution is 2.58. The number of benzene rings is 1. The lowest BCUT2D eigenvalue weighted by atomic mass is 10.1. The molecule has 0 amide bonds. The second-order valence-electron chi connectivity index (χ2n) is 4.11. The van der Waals surface area contributed by atoms with E-state index in [0.29, 0.717) is 0 Å². The lowest BCUT2D eigenvalue weighted by Crippen LogP contribution is -2.40. The van der Waals surface area contributed by atoms with Gasteiger partial charge in [-0.1, -0.05) is 30.3 Å². The standard InChI is InChI=1S/C9H15NO7P2/c1-9(10,7-8-5-3-2-4-6-8)16-19(14,15)17-18(11,12)13/h2-6H,7,10H2,1H3,(H,14,15)(H2,11,12,13). The first-order chi connectivity index (χ1) is 8.49. The van der Waals surface area contributed by atoms with Gasteiger partial charge in [0.2, 0.25) is 0 Å². The molecule has 0 saturated carbocycles. The third kappa shape index (κ3) is 6.96. The maximum absolute atomic E-state index is 11.4. The van der Waals surface area contributed by atoms with Crippen LogP contribution in [0.3, 0.4) is 0 Å². The predicted octanol–water partition coefficient (Wildman–Crippen LogP) is 1.13. The molecule has 8 nitrogen and oxygen atoms in total. The molecule has 108 valence electrons. The fourth-order valence-corrected chi connectivity index (χ4v) is 3.25. The van der Waals surface area contributed by atoms with Crippen molar-refractivity contribution in [1.29, 1.82) is 0 Å². The van der Waals surface area contributed by atoms with Crippen LogP contribution in [0.5, 0.6) is 0 Å². The highest BCUT2D eigenvalue weighted by Gasteiger charge is 2.38. The zero-order chi connectivity index (χ0) is 14.7. The van der Waals surface area contributed by atoms with Crippen LogP contribution in [-0.2, 0) is 24.4 Å². The summed E-state index contributed by atoms with van der Waals surface area (Å²) < 4.78 is 30.1. The van der Waals surface area contributed by atoms with Crippen molar-refractivity contribution in [2.24, 2.45) is 5.73 Å². The molecular formula is C9H15NO7P2. The van der Waals surface area contributed by atoms with Crippen molar-refractivity contribution in [1.82, 2.24) is 0 Å². The molecule has 5 N–H and O–H groups in total. The van der Waals surface area contributed by atoms with E-state index in [0.717, 1.165) is 5.56 Å². The van der Waals surface area contributed by atoms with Gasteiger partial charge in [0.15, 0.2) is 0 Å². The molecule has 2 unspecified atom stereocenters. The van der Waals surface area contributed by atoms with Crippen molar-refractivity contribution >= 4 is 15.6 Å². The molecule has 0 radical (unpaired) electrons. The molecule has 0 aromatic heterocycles. The Hall–Kier alpha value is -0.560. The minimum absolute atomic E-state index is 0.0584. The maximum atomic E-state index is 11.4. The molecule has 0 aliphatic heterocycles. The van der Waals surface area contributed by atoms with Gasteiger partial charge in [-0.2, -0.15) is 4.31 Å². The van der Waals surface area contributed by atoms with E-state index in [9.17, 15) is 14.0 Å². The van der Waals surface area contributed by atoms with E-state index in [1.165, 1.54) is 6.92 Å². The maximum Gasteiger partial charge on any atom is 0.482 e. The fourth-order valence-electron chi connectivity index (χ4n) is 1.45. The van der Waals surface area contributed by atoms with Crippen LogP contribution < -0.4 is 5.73 Å². The SMILES string of the molecule is CC(N)(Cc1ccccc1)OP(=O)(O)OP(=O)(O)O. The van der Waals surface area contributed by atoms with E-state index in [-0.39, 0.29) is 6.42 Å². The molecule has 0 aliphatic carbocycles. The van der Waals surface area contributed by atoms with E-state index in [2.05, 4.69) is 8.83 Å². The van der Waals surface area contributed by atoms with Gasteiger partial charge in [0.25, 0.3) is 0 Å². The van der Waals surface area contributed by atoms with Crippen molar-refractivity contribution in [3.63, 3.8) is 0 Å². The van der Waals surface area contributed by atoms with E-state index in [4.69, 9.17) is 15.5 Å². The van der Waals surface area contributed by atoms with E-state index in [1.807, 2.05) is 0 Å². The van der Waals surface area contributed by atoms with Gasteiger partial charge in [0.1, 0.15) is 5.72 Å². The van der Waals surface area contributed by atoms with Gasteiger partial charge in [-0.3, -0.25) is 4.52 Å². The molecule has 0 bridgehead atoms. The Balaban J connectivity index is 2.74. The van der Waals surface area contributed by atoms with Crippen LogP contribution in [-0.4, -0.2) is 20.4 Å². The largest absolute Gasteiger partial charge is 0.482 e. The summed E-state index contributed by atoms with van der Waals surface area (Å²) in [7, 11) is -10.1. The van der Waals surface area contributed by atoms with Crippen LogP contribution in [0.1, 0.15) is 12.5 Å². The number of hydrogen-bond acceptors (Lipinski definition) is 5. The normalized spacial score (nSPS) is 18.6. The average molecular weight is 311 g/mol. The Bertz CT molecular complexity index is 513. The highest BCUT2D eigenvalue weighted by atomic mass is 31.3. The second-order valence-corrected chi connectivity index (χ2v) is 6.86. The van der Waals surface area contributed by atoms with E-state index in [1.54, 1.807) is 30.3 Å². The van der Waals surface area contributed by atoms with Crippen LogP contribution in [0.2, 0.25) is 0 Å². The summed E-state index contributed by atoms with van der Waals surface area (Å²) in [6, 6.07) is 8.72. The van der Waals surface area contributed by atoms with Gasteiger partial charge in [0.05, 0.1) is 0 Å². The zero-order valence-corrected chi connectivity index (χ0v) is 11.8. The average Bonchev–Trinajstić information content (AvgIpc) is 2.11. The third-order valence-corrected chi connectivity index (χ3v) is 4.26. The summed E-state index contributed by atoms with van der Waals surface area (Å²) in [4.78, 5) is 26.2. The van der Waals surface area contributed by atoms with Crippen molar-refractivity contribution in [2.45, 2.75) is 19.1 Å². The zero-order valence-electron chi connectivity index (χ0n) is 10.0. The predicted molar refractivity (Wildman–Crippen MR) is 66.8 cm³/mol. The molecule has 2 atom stereocenters. The Morgan fingerprint density at radius 3 is 2.21 bits per heavy atom. The number of nitrogens with two attached hydrogens (primary N) is 1. The van der Waals surface area contributed by atoms with Crippen LogP contribution in [0.4, 0.5) is 0 Å². The quantitative estimate of drug-likeness (QED) is 0.453. The Kier molecular flexibility index (Phi) is 5.06. The minimum Gasteiger partial charge on any atom is -0.303 e. The molecular weight excluding hydrogens is 296 g/mol. The lowest BCUT2D eigenvalue weighted by molar-refractivity contribution is 0.0542. The van der Waals surface area contributed by atoms with Gasteiger partial charge >= 0.3 is 15.6 Å². The molecule has 1 aromatic rings. The van der Waals surface area contributed by atoms with Gasteiger partial charge < -0.3 is 20.4 Å². The summed E-state index contributed by atoms with van der Waals surface area (Å²) in [6.07, 6.45) is 0.0584. The summed E-state index contributed by atoms with van der Waals surface area (Å²) in [5.74, 6) is 0. The lowest BCUT2D eigenvalue weighted by Gasteiger charge is -2.26. The number of hydrogen-bond donors (Lipinski definition) is 4. The van der Waals surface area contributed by atoms with Crippen LogP contribution in [0.15, 0.2) is 30.3 Å².